The van der Waals surface area contributed by atoms with Crippen molar-refractivity contribution in [3.63, 3.8) is 0 Å². The van der Waals surface area contributed by atoms with Gasteiger partial charge < -0.3 is 15.2 Å². The monoisotopic (exact) mass is 297 g/mol. The molecule has 0 saturated carbocycles. The molecule has 20 heavy (non-hydrogen) atoms. The van der Waals surface area contributed by atoms with E-state index in [4.69, 9.17) is 9.84 Å². The minimum atomic E-state index is -1.04. The van der Waals surface area contributed by atoms with Gasteiger partial charge in [0, 0.05) is 25.9 Å². The summed E-state index contributed by atoms with van der Waals surface area (Å²) in [5.74, 6) is -0.340. The molecule has 0 aromatic heterocycles. The number of hydrogen-bond donors (Lipinski definition) is 2. The highest BCUT2D eigenvalue weighted by atomic mass is 32.2. The highest BCUT2D eigenvalue weighted by Gasteiger charge is 2.19. The molecule has 0 aliphatic heterocycles. The normalized spacial score (nSPS) is 11.8. The van der Waals surface area contributed by atoms with Gasteiger partial charge in [0.25, 0.3) is 0 Å². The van der Waals surface area contributed by atoms with E-state index in [1.54, 1.807) is 0 Å². The molecule has 1 unspecified atom stereocenters. The number of benzene rings is 1. The summed E-state index contributed by atoms with van der Waals surface area (Å²) < 4.78 is 4.82. The first-order valence-corrected chi connectivity index (χ1v) is 7.41. The Morgan fingerprint density at radius 2 is 2.05 bits per heavy atom. The van der Waals surface area contributed by atoms with Crippen molar-refractivity contribution in [3.8, 4) is 0 Å². The lowest BCUT2D eigenvalue weighted by Gasteiger charge is -2.13. The van der Waals surface area contributed by atoms with Gasteiger partial charge in [-0.25, -0.2) is 4.79 Å². The van der Waals surface area contributed by atoms with E-state index in [0.717, 1.165) is 11.3 Å². The molecule has 1 rings (SSSR count). The van der Waals surface area contributed by atoms with Gasteiger partial charge in [0.2, 0.25) is 5.91 Å². The Kier molecular flexibility index (Phi) is 7.75. The van der Waals surface area contributed by atoms with E-state index in [2.05, 4.69) is 5.32 Å². The maximum atomic E-state index is 11.7. The van der Waals surface area contributed by atoms with E-state index in [0.29, 0.717) is 6.61 Å². The zero-order valence-corrected chi connectivity index (χ0v) is 12.2. The molecule has 0 radical (unpaired) electrons. The van der Waals surface area contributed by atoms with Crippen molar-refractivity contribution in [3.05, 3.63) is 35.9 Å². The number of rotatable bonds is 9. The van der Waals surface area contributed by atoms with Crippen molar-refractivity contribution < 1.29 is 19.4 Å². The van der Waals surface area contributed by atoms with Crippen LogP contribution in [0.3, 0.4) is 0 Å². The fourth-order valence-corrected chi connectivity index (χ4v) is 2.36. The topological polar surface area (TPSA) is 75.6 Å². The first-order chi connectivity index (χ1) is 9.63. The second kappa shape index (κ2) is 9.39. The lowest BCUT2D eigenvalue weighted by atomic mass is 10.2. The molecule has 1 atom stereocenters. The Hall–Kier alpha value is -1.53. The molecule has 0 fully saturated rings. The van der Waals surface area contributed by atoms with E-state index < -0.39 is 12.0 Å². The van der Waals surface area contributed by atoms with E-state index in [1.165, 1.54) is 18.9 Å². The van der Waals surface area contributed by atoms with Crippen LogP contribution in [0.4, 0.5) is 0 Å². The second-order valence-electron chi connectivity index (χ2n) is 4.22. The molecule has 1 aromatic carbocycles. The van der Waals surface area contributed by atoms with Crippen LogP contribution in [0.5, 0.6) is 0 Å². The summed E-state index contributed by atoms with van der Waals surface area (Å²) in [7, 11) is 1.50. The first-order valence-electron chi connectivity index (χ1n) is 6.26. The smallest absolute Gasteiger partial charge is 0.326 e. The fraction of sp³-hybridized carbons (Fsp3) is 0.429. The van der Waals surface area contributed by atoms with Crippen LogP contribution in [0, 0.1) is 0 Å². The molecule has 0 bridgehead atoms. The summed E-state index contributed by atoms with van der Waals surface area (Å²) in [6, 6.07) is 8.92. The van der Waals surface area contributed by atoms with Crippen LogP contribution in [-0.4, -0.2) is 42.5 Å². The van der Waals surface area contributed by atoms with Gasteiger partial charge in [-0.3, -0.25) is 4.79 Å². The fourth-order valence-electron chi connectivity index (χ4n) is 1.56. The van der Waals surface area contributed by atoms with Gasteiger partial charge in [0.15, 0.2) is 0 Å². The Bertz CT molecular complexity index is 424. The van der Waals surface area contributed by atoms with E-state index >= 15 is 0 Å². The summed E-state index contributed by atoms with van der Waals surface area (Å²) >= 11 is 1.46. The number of carboxylic acids is 1. The van der Waals surface area contributed by atoms with Gasteiger partial charge in [-0.15, -0.1) is 11.8 Å². The predicted octanol–water partition coefficient (Wildman–Crippen LogP) is 1.53. The third-order valence-electron chi connectivity index (χ3n) is 2.59. The quantitative estimate of drug-likeness (QED) is 0.723. The van der Waals surface area contributed by atoms with Crippen molar-refractivity contribution in [1.82, 2.24) is 5.32 Å². The zero-order valence-electron chi connectivity index (χ0n) is 11.4. The number of thioether (sulfide) groups is 1. The van der Waals surface area contributed by atoms with Crippen LogP contribution in [0.2, 0.25) is 0 Å². The average Bonchev–Trinajstić information content (AvgIpc) is 2.44. The molecule has 0 spiro atoms. The highest BCUT2D eigenvalue weighted by Crippen LogP contribution is 2.11. The SMILES string of the molecule is COCCC(NC(=O)CSCc1ccccc1)C(=O)O. The first kappa shape index (κ1) is 16.5. The van der Waals surface area contributed by atoms with Gasteiger partial charge >= 0.3 is 5.97 Å². The molecule has 6 heteroatoms. The number of nitrogens with one attached hydrogen (secondary N) is 1. The van der Waals surface area contributed by atoms with Crippen LogP contribution in [0.15, 0.2) is 30.3 Å². The number of hydrogen-bond acceptors (Lipinski definition) is 4. The Labute approximate surface area is 122 Å². The molecule has 1 aromatic rings. The summed E-state index contributed by atoms with van der Waals surface area (Å²) in [6.07, 6.45) is 0.265. The Morgan fingerprint density at radius 1 is 1.35 bits per heavy atom. The van der Waals surface area contributed by atoms with Gasteiger partial charge in [0.05, 0.1) is 5.75 Å². The molecule has 5 nitrogen and oxygen atoms in total. The maximum Gasteiger partial charge on any atom is 0.326 e. The van der Waals surface area contributed by atoms with Crippen molar-refractivity contribution in [2.75, 3.05) is 19.5 Å². The Morgan fingerprint density at radius 3 is 2.65 bits per heavy atom. The second-order valence-corrected chi connectivity index (χ2v) is 5.20. The molecular formula is C14H19NO4S. The highest BCUT2D eigenvalue weighted by molar-refractivity contribution is 7.99. The van der Waals surface area contributed by atoms with Gasteiger partial charge in [-0.05, 0) is 5.56 Å². The molecular weight excluding hydrogens is 278 g/mol. The number of carbonyl (C=O) groups excluding carboxylic acids is 1. The van der Waals surface area contributed by atoms with Crippen LogP contribution in [-0.2, 0) is 20.1 Å². The number of ether oxygens (including phenoxy) is 1. The molecule has 0 heterocycles. The number of carbonyl (C=O) groups is 2. The Balaban J connectivity index is 2.29. The minimum absolute atomic E-state index is 0.242. The maximum absolute atomic E-state index is 11.7. The van der Waals surface area contributed by atoms with Gasteiger partial charge in [-0.2, -0.15) is 0 Å². The largest absolute Gasteiger partial charge is 0.480 e. The average molecular weight is 297 g/mol. The molecule has 0 aliphatic rings. The molecule has 0 saturated heterocycles. The standard InChI is InChI=1S/C14H19NO4S/c1-19-8-7-12(14(17)18)15-13(16)10-20-9-11-5-3-2-4-6-11/h2-6,12H,7-10H2,1H3,(H,15,16)(H,17,18). The molecule has 1 amide bonds. The zero-order chi connectivity index (χ0) is 14.8. The third kappa shape index (κ3) is 6.58. The lowest BCUT2D eigenvalue weighted by molar-refractivity contribution is -0.142. The van der Waals surface area contributed by atoms with E-state index in [9.17, 15) is 9.59 Å². The predicted molar refractivity (Wildman–Crippen MR) is 78.7 cm³/mol. The number of aliphatic carboxylic acids is 1. The molecule has 2 N–H and O–H groups in total. The van der Waals surface area contributed by atoms with Gasteiger partial charge in [0.1, 0.15) is 6.04 Å². The number of methoxy groups -OCH3 is 1. The van der Waals surface area contributed by atoms with Crippen molar-refractivity contribution >= 4 is 23.6 Å². The number of carboxylic acid groups (broad SMARTS) is 1. The number of amides is 1. The minimum Gasteiger partial charge on any atom is -0.480 e. The van der Waals surface area contributed by atoms with Crippen LogP contribution in [0.25, 0.3) is 0 Å². The van der Waals surface area contributed by atoms with Crippen molar-refractivity contribution in [2.24, 2.45) is 0 Å². The lowest BCUT2D eigenvalue weighted by Crippen LogP contribution is -2.42. The summed E-state index contributed by atoms with van der Waals surface area (Å²) in [6.45, 7) is 0.300. The molecule has 0 aliphatic carbocycles. The van der Waals surface area contributed by atoms with Crippen LogP contribution < -0.4 is 5.32 Å². The third-order valence-corrected chi connectivity index (χ3v) is 3.59. The van der Waals surface area contributed by atoms with E-state index in [1.807, 2.05) is 30.3 Å². The van der Waals surface area contributed by atoms with E-state index in [-0.39, 0.29) is 18.1 Å². The molecule has 110 valence electrons. The summed E-state index contributed by atoms with van der Waals surface area (Å²) in [4.78, 5) is 22.6. The van der Waals surface area contributed by atoms with Crippen LogP contribution in [0.1, 0.15) is 12.0 Å². The summed E-state index contributed by atoms with van der Waals surface area (Å²) in [5, 5.41) is 11.5. The summed E-state index contributed by atoms with van der Waals surface area (Å²) in [5.41, 5.74) is 1.14. The van der Waals surface area contributed by atoms with Crippen molar-refractivity contribution in [1.29, 1.82) is 0 Å². The van der Waals surface area contributed by atoms with Gasteiger partial charge in [-0.1, -0.05) is 30.3 Å². The van der Waals surface area contributed by atoms with Crippen LogP contribution >= 0.6 is 11.8 Å². The van der Waals surface area contributed by atoms with Crippen molar-refractivity contribution in [2.45, 2.75) is 18.2 Å².